The lowest BCUT2D eigenvalue weighted by Crippen LogP contribution is -2.29. The van der Waals surface area contributed by atoms with Crippen molar-refractivity contribution in [2.45, 2.75) is 0 Å². The first-order valence-corrected chi connectivity index (χ1v) is 4.52. The van der Waals surface area contributed by atoms with Gasteiger partial charge in [0, 0.05) is 12.2 Å². The Labute approximate surface area is 87.0 Å². The van der Waals surface area contributed by atoms with Crippen molar-refractivity contribution in [3.8, 4) is 0 Å². The minimum Gasteiger partial charge on any atom is -0.398 e. The molecule has 0 saturated carbocycles. The van der Waals surface area contributed by atoms with Crippen LogP contribution in [0.15, 0.2) is 30.9 Å². The highest BCUT2D eigenvalue weighted by atomic mass is 16.2. The standard InChI is InChI=1S/C11H10N2O2/c1-2-6-13-10(14)7-4-3-5-8(12)9(7)11(13)15/h2-5H,1,6,12H2. The van der Waals surface area contributed by atoms with Gasteiger partial charge in [-0.05, 0) is 12.1 Å². The second kappa shape index (κ2) is 3.24. The number of nitrogens with two attached hydrogens (primary N) is 1. The van der Waals surface area contributed by atoms with Crippen LogP contribution in [-0.4, -0.2) is 23.3 Å². The molecule has 4 nitrogen and oxygen atoms in total. The number of fused-ring (bicyclic) bond motifs is 1. The summed E-state index contributed by atoms with van der Waals surface area (Å²) in [4.78, 5) is 24.7. The van der Waals surface area contributed by atoms with E-state index < -0.39 is 0 Å². The van der Waals surface area contributed by atoms with Gasteiger partial charge < -0.3 is 5.73 Å². The van der Waals surface area contributed by atoms with Gasteiger partial charge in [-0.25, -0.2) is 0 Å². The number of imide groups is 1. The average Bonchev–Trinajstić information content (AvgIpc) is 2.45. The first kappa shape index (κ1) is 9.45. The van der Waals surface area contributed by atoms with E-state index in [0.717, 1.165) is 4.90 Å². The molecule has 1 aromatic carbocycles. The largest absolute Gasteiger partial charge is 0.398 e. The van der Waals surface area contributed by atoms with Crippen LogP contribution in [0.4, 0.5) is 5.69 Å². The van der Waals surface area contributed by atoms with Crippen LogP contribution in [0.3, 0.4) is 0 Å². The van der Waals surface area contributed by atoms with E-state index in [-0.39, 0.29) is 18.4 Å². The van der Waals surface area contributed by atoms with Gasteiger partial charge in [-0.1, -0.05) is 12.1 Å². The van der Waals surface area contributed by atoms with Crippen LogP contribution in [0.1, 0.15) is 20.7 Å². The maximum absolute atomic E-state index is 11.8. The molecular weight excluding hydrogens is 192 g/mol. The molecule has 0 atom stereocenters. The van der Waals surface area contributed by atoms with Crippen LogP contribution in [0.2, 0.25) is 0 Å². The Balaban J connectivity index is 2.55. The Kier molecular flexibility index (Phi) is 2.04. The van der Waals surface area contributed by atoms with Crippen molar-refractivity contribution < 1.29 is 9.59 Å². The van der Waals surface area contributed by atoms with Crippen molar-refractivity contribution >= 4 is 17.5 Å². The zero-order valence-corrected chi connectivity index (χ0v) is 8.06. The molecular formula is C11H10N2O2. The van der Waals surface area contributed by atoms with E-state index >= 15 is 0 Å². The summed E-state index contributed by atoms with van der Waals surface area (Å²) < 4.78 is 0. The first-order valence-electron chi connectivity index (χ1n) is 4.52. The summed E-state index contributed by atoms with van der Waals surface area (Å²) in [5, 5.41) is 0. The van der Waals surface area contributed by atoms with Gasteiger partial charge in [-0.2, -0.15) is 0 Å². The average molecular weight is 202 g/mol. The number of benzene rings is 1. The molecule has 0 radical (unpaired) electrons. The predicted octanol–water partition coefficient (Wildman–Crippen LogP) is 1.05. The van der Waals surface area contributed by atoms with Gasteiger partial charge in [0.05, 0.1) is 11.1 Å². The van der Waals surface area contributed by atoms with E-state index in [0.29, 0.717) is 16.8 Å². The maximum atomic E-state index is 11.8. The molecule has 0 aliphatic carbocycles. The minimum atomic E-state index is -0.340. The summed E-state index contributed by atoms with van der Waals surface area (Å²) >= 11 is 0. The zero-order valence-electron chi connectivity index (χ0n) is 8.06. The number of hydrogen-bond donors (Lipinski definition) is 1. The van der Waals surface area contributed by atoms with E-state index in [1.54, 1.807) is 18.2 Å². The van der Waals surface area contributed by atoms with Gasteiger partial charge in [0.15, 0.2) is 0 Å². The fourth-order valence-electron chi connectivity index (χ4n) is 1.65. The highest BCUT2D eigenvalue weighted by molar-refractivity contribution is 6.23. The highest BCUT2D eigenvalue weighted by Gasteiger charge is 2.35. The third-order valence-corrected chi connectivity index (χ3v) is 2.34. The van der Waals surface area contributed by atoms with Gasteiger partial charge in [0.25, 0.3) is 11.8 Å². The molecule has 1 aliphatic rings. The molecule has 0 unspecified atom stereocenters. The fraction of sp³-hybridized carbons (Fsp3) is 0.0909. The van der Waals surface area contributed by atoms with Gasteiger partial charge in [0.2, 0.25) is 0 Å². The SMILES string of the molecule is C=CCN1C(=O)c2cccc(N)c2C1=O. The summed E-state index contributed by atoms with van der Waals surface area (Å²) in [7, 11) is 0. The molecule has 0 saturated heterocycles. The number of hydrogen-bond acceptors (Lipinski definition) is 3. The minimum absolute atomic E-state index is 0.214. The molecule has 2 N–H and O–H groups in total. The monoisotopic (exact) mass is 202 g/mol. The highest BCUT2D eigenvalue weighted by Crippen LogP contribution is 2.27. The number of carbonyl (C=O) groups is 2. The van der Waals surface area contributed by atoms with Crippen LogP contribution in [0.5, 0.6) is 0 Å². The number of anilines is 1. The lowest BCUT2D eigenvalue weighted by atomic mass is 10.1. The third kappa shape index (κ3) is 1.22. The number of amides is 2. The molecule has 2 rings (SSSR count). The quantitative estimate of drug-likeness (QED) is 0.443. The number of carbonyl (C=O) groups excluding carboxylic acids is 2. The van der Waals surface area contributed by atoms with E-state index in [1.165, 1.54) is 6.08 Å². The van der Waals surface area contributed by atoms with E-state index in [1.807, 2.05) is 0 Å². The fourth-order valence-corrected chi connectivity index (χ4v) is 1.65. The number of nitrogen functional groups attached to an aromatic ring is 1. The lowest BCUT2D eigenvalue weighted by molar-refractivity contribution is 0.0672. The molecule has 1 aromatic rings. The molecule has 1 aliphatic heterocycles. The van der Waals surface area contributed by atoms with E-state index in [9.17, 15) is 9.59 Å². The summed E-state index contributed by atoms with van der Waals surface area (Å²) in [5.74, 6) is -0.643. The van der Waals surface area contributed by atoms with Crippen LogP contribution in [0.25, 0.3) is 0 Å². The summed E-state index contributed by atoms with van der Waals surface area (Å²) in [6.07, 6.45) is 1.51. The second-order valence-electron chi connectivity index (χ2n) is 3.28. The van der Waals surface area contributed by atoms with Crippen molar-refractivity contribution in [1.29, 1.82) is 0 Å². The Hall–Kier alpha value is -2.10. The van der Waals surface area contributed by atoms with E-state index in [2.05, 4.69) is 6.58 Å². The molecule has 2 amide bonds. The van der Waals surface area contributed by atoms with E-state index in [4.69, 9.17) is 5.73 Å². The van der Waals surface area contributed by atoms with Gasteiger partial charge >= 0.3 is 0 Å². The van der Waals surface area contributed by atoms with Gasteiger partial charge in [-0.3, -0.25) is 14.5 Å². The normalized spacial score (nSPS) is 14.3. The molecule has 76 valence electrons. The maximum Gasteiger partial charge on any atom is 0.263 e. The zero-order chi connectivity index (χ0) is 11.0. The molecule has 0 aromatic heterocycles. The van der Waals surface area contributed by atoms with Crippen molar-refractivity contribution in [3.63, 3.8) is 0 Å². The summed E-state index contributed by atoms with van der Waals surface area (Å²) in [5.41, 5.74) is 6.69. The van der Waals surface area contributed by atoms with Crippen LogP contribution < -0.4 is 5.73 Å². The molecule has 1 heterocycles. The molecule has 4 heteroatoms. The number of nitrogens with zero attached hydrogens (tertiary/aromatic N) is 1. The summed E-state index contributed by atoms with van der Waals surface area (Å²) in [6, 6.07) is 4.88. The van der Waals surface area contributed by atoms with Crippen molar-refractivity contribution in [2.75, 3.05) is 12.3 Å². The lowest BCUT2D eigenvalue weighted by Gasteiger charge is -2.09. The topological polar surface area (TPSA) is 63.4 Å². The number of rotatable bonds is 2. The van der Waals surface area contributed by atoms with Crippen LogP contribution in [-0.2, 0) is 0 Å². The predicted molar refractivity (Wildman–Crippen MR) is 56.4 cm³/mol. The molecule has 0 spiro atoms. The first-order chi connectivity index (χ1) is 7.16. The van der Waals surface area contributed by atoms with Crippen molar-refractivity contribution in [2.24, 2.45) is 0 Å². The molecule has 0 bridgehead atoms. The van der Waals surface area contributed by atoms with Gasteiger partial charge in [0.1, 0.15) is 0 Å². The Morgan fingerprint density at radius 3 is 2.67 bits per heavy atom. The van der Waals surface area contributed by atoms with Gasteiger partial charge in [-0.15, -0.1) is 6.58 Å². The van der Waals surface area contributed by atoms with Crippen LogP contribution >= 0.6 is 0 Å². The van der Waals surface area contributed by atoms with Crippen molar-refractivity contribution in [1.82, 2.24) is 4.90 Å². The third-order valence-electron chi connectivity index (χ3n) is 2.34. The van der Waals surface area contributed by atoms with Crippen LogP contribution in [0, 0.1) is 0 Å². The second-order valence-corrected chi connectivity index (χ2v) is 3.28. The molecule has 0 fully saturated rings. The Morgan fingerprint density at radius 2 is 2.07 bits per heavy atom. The van der Waals surface area contributed by atoms with Crippen molar-refractivity contribution in [3.05, 3.63) is 42.0 Å². The Morgan fingerprint density at radius 1 is 1.33 bits per heavy atom. The summed E-state index contributed by atoms with van der Waals surface area (Å²) in [6.45, 7) is 3.72. The molecule has 15 heavy (non-hydrogen) atoms. The smallest absolute Gasteiger partial charge is 0.263 e. The Bertz CT molecular complexity index is 466.